The molecule has 6 nitrogen and oxygen atoms in total. The monoisotopic (exact) mass is 405 g/mol. The van der Waals surface area contributed by atoms with E-state index >= 15 is 0 Å². The molecule has 3 atom stereocenters. The minimum atomic E-state index is -0.620. The average molecular weight is 405 g/mol. The maximum absolute atomic E-state index is 12.8. The van der Waals surface area contributed by atoms with Gasteiger partial charge in [0.2, 0.25) is 5.91 Å². The number of nitrogens with zero attached hydrogens (tertiary/aromatic N) is 2. The molecule has 4 rings (SSSR count). The molecule has 1 saturated heterocycles. The number of ether oxygens (including phenoxy) is 1. The highest BCUT2D eigenvalue weighted by molar-refractivity contribution is 5.79. The first-order chi connectivity index (χ1) is 14.7. The predicted molar refractivity (Wildman–Crippen MR) is 114 cm³/mol. The van der Waals surface area contributed by atoms with Gasteiger partial charge in [-0.15, -0.1) is 0 Å². The lowest BCUT2D eigenvalue weighted by Crippen LogP contribution is -2.38. The quantitative estimate of drug-likeness (QED) is 0.604. The Labute approximate surface area is 176 Å². The largest absolute Gasteiger partial charge is 0.391 e. The number of hydrogen-bond acceptors (Lipinski definition) is 4. The fraction of sp³-hybridized carbons (Fsp3) is 0.333. The van der Waals surface area contributed by atoms with Gasteiger partial charge in [-0.3, -0.25) is 9.48 Å². The van der Waals surface area contributed by atoms with Crippen LogP contribution in [0.25, 0.3) is 0 Å². The van der Waals surface area contributed by atoms with Gasteiger partial charge in [-0.1, -0.05) is 60.7 Å². The summed E-state index contributed by atoms with van der Waals surface area (Å²) in [5, 5.41) is 17.6. The third-order valence-electron chi connectivity index (χ3n) is 5.42. The SMILES string of the molecule is O=C(NC[C@H](O)Cc1ccccc1)[C@H]1CCO[C@@H]1c1cnn(Cc2ccccc2)c1. The first-order valence-corrected chi connectivity index (χ1v) is 10.4. The fourth-order valence-corrected chi connectivity index (χ4v) is 3.88. The summed E-state index contributed by atoms with van der Waals surface area (Å²) in [6.45, 7) is 1.44. The standard InChI is InChI=1S/C24H27N3O3/c28-21(13-18-7-3-1-4-8-18)15-25-24(29)22-11-12-30-23(22)20-14-26-27(17-20)16-19-9-5-2-6-10-19/h1-10,14,17,21-23,28H,11-13,15-16H2,(H,25,29)/t21-,22+,23-/m1/s1. The van der Waals surface area contributed by atoms with Gasteiger partial charge in [0, 0.05) is 31.3 Å². The second kappa shape index (κ2) is 9.69. The topological polar surface area (TPSA) is 76.4 Å². The second-order valence-corrected chi connectivity index (χ2v) is 7.73. The Morgan fingerprint density at radius 3 is 2.57 bits per heavy atom. The van der Waals surface area contributed by atoms with Gasteiger partial charge >= 0.3 is 0 Å². The number of aliphatic hydroxyl groups is 1. The van der Waals surface area contributed by atoms with E-state index in [0.717, 1.165) is 11.1 Å². The Morgan fingerprint density at radius 1 is 1.13 bits per heavy atom. The summed E-state index contributed by atoms with van der Waals surface area (Å²) in [5.41, 5.74) is 3.13. The summed E-state index contributed by atoms with van der Waals surface area (Å²) in [6.07, 6.45) is 3.98. The molecule has 0 saturated carbocycles. The van der Waals surface area contributed by atoms with Crippen LogP contribution in [0.5, 0.6) is 0 Å². The van der Waals surface area contributed by atoms with E-state index < -0.39 is 6.10 Å². The molecule has 0 radical (unpaired) electrons. The predicted octanol–water partition coefficient (Wildman–Crippen LogP) is 2.73. The zero-order valence-electron chi connectivity index (χ0n) is 16.9. The van der Waals surface area contributed by atoms with Crippen LogP contribution in [-0.4, -0.2) is 40.0 Å². The molecule has 1 amide bonds. The van der Waals surface area contributed by atoms with E-state index in [1.807, 2.05) is 59.4 Å². The van der Waals surface area contributed by atoms with E-state index in [1.54, 1.807) is 6.20 Å². The lowest BCUT2D eigenvalue weighted by atomic mass is 9.96. The van der Waals surface area contributed by atoms with Crippen molar-refractivity contribution in [1.82, 2.24) is 15.1 Å². The van der Waals surface area contributed by atoms with Gasteiger partial charge in [0.1, 0.15) is 0 Å². The molecule has 0 bridgehead atoms. The molecule has 0 aliphatic carbocycles. The van der Waals surface area contributed by atoms with Crippen molar-refractivity contribution in [3.05, 3.63) is 89.7 Å². The number of carbonyl (C=O) groups excluding carboxylic acids is 1. The van der Waals surface area contributed by atoms with E-state index in [2.05, 4.69) is 22.5 Å². The summed E-state index contributed by atoms with van der Waals surface area (Å²) >= 11 is 0. The number of rotatable bonds is 8. The number of carbonyl (C=O) groups is 1. The van der Waals surface area contributed by atoms with E-state index in [4.69, 9.17) is 4.74 Å². The molecule has 3 aromatic rings. The fourth-order valence-electron chi connectivity index (χ4n) is 3.88. The number of aromatic nitrogens is 2. The summed E-state index contributed by atoms with van der Waals surface area (Å²) in [6, 6.07) is 19.9. The number of amides is 1. The molecular formula is C24H27N3O3. The summed E-state index contributed by atoms with van der Waals surface area (Å²) < 4.78 is 7.73. The van der Waals surface area contributed by atoms with Crippen molar-refractivity contribution in [2.75, 3.05) is 13.2 Å². The maximum Gasteiger partial charge on any atom is 0.226 e. The highest BCUT2D eigenvalue weighted by Gasteiger charge is 2.36. The summed E-state index contributed by atoms with van der Waals surface area (Å²) in [4.78, 5) is 12.8. The van der Waals surface area contributed by atoms with E-state index in [1.165, 1.54) is 5.56 Å². The number of hydrogen-bond donors (Lipinski definition) is 2. The Kier molecular flexibility index (Phi) is 6.57. The molecule has 0 unspecified atom stereocenters. The molecule has 0 spiro atoms. The highest BCUT2D eigenvalue weighted by atomic mass is 16.5. The van der Waals surface area contributed by atoms with Crippen LogP contribution < -0.4 is 5.32 Å². The molecular weight excluding hydrogens is 378 g/mol. The van der Waals surface area contributed by atoms with Gasteiger partial charge in [0.15, 0.2) is 0 Å². The lowest BCUT2D eigenvalue weighted by Gasteiger charge is -2.18. The minimum absolute atomic E-state index is 0.0829. The third kappa shape index (κ3) is 5.14. The Hall–Kier alpha value is -2.96. The molecule has 1 aliphatic rings. The van der Waals surface area contributed by atoms with Crippen molar-refractivity contribution in [2.24, 2.45) is 5.92 Å². The van der Waals surface area contributed by atoms with Crippen LogP contribution in [0, 0.1) is 5.92 Å². The molecule has 1 aromatic heterocycles. The van der Waals surface area contributed by atoms with Crippen molar-refractivity contribution in [3.63, 3.8) is 0 Å². The lowest BCUT2D eigenvalue weighted by molar-refractivity contribution is -0.127. The smallest absolute Gasteiger partial charge is 0.226 e. The zero-order chi connectivity index (χ0) is 20.8. The normalized spacial score (nSPS) is 19.5. The van der Waals surface area contributed by atoms with E-state index in [-0.39, 0.29) is 24.5 Å². The van der Waals surface area contributed by atoms with Gasteiger partial charge in [-0.25, -0.2) is 0 Å². The Morgan fingerprint density at radius 2 is 1.83 bits per heavy atom. The van der Waals surface area contributed by atoms with E-state index in [9.17, 15) is 9.90 Å². The second-order valence-electron chi connectivity index (χ2n) is 7.73. The zero-order valence-corrected chi connectivity index (χ0v) is 16.9. The first kappa shape index (κ1) is 20.3. The van der Waals surface area contributed by atoms with Crippen molar-refractivity contribution >= 4 is 5.91 Å². The van der Waals surface area contributed by atoms with Crippen LogP contribution in [-0.2, 0) is 22.5 Å². The molecule has 30 heavy (non-hydrogen) atoms. The van der Waals surface area contributed by atoms with Gasteiger partial charge in [-0.05, 0) is 17.5 Å². The van der Waals surface area contributed by atoms with E-state index in [0.29, 0.717) is 26.0 Å². The highest BCUT2D eigenvalue weighted by Crippen LogP contribution is 2.34. The van der Waals surface area contributed by atoms with Gasteiger partial charge in [0.25, 0.3) is 0 Å². The maximum atomic E-state index is 12.8. The van der Waals surface area contributed by atoms with Gasteiger partial charge in [0.05, 0.1) is 30.9 Å². The van der Waals surface area contributed by atoms with Crippen LogP contribution >= 0.6 is 0 Å². The molecule has 6 heteroatoms. The molecule has 156 valence electrons. The molecule has 1 aliphatic heterocycles. The van der Waals surface area contributed by atoms with Crippen LogP contribution in [0.4, 0.5) is 0 Å². The van der Waals surface area contributed by atoms with Crippen molar-refractivity contribution in [2.45, 2.75) is 31.6 Å². The minimum Gasteiger partial charge on any atom is -0.391 e. The summed E-state index contributed by atoms with van der Waals surface area (Å²) in [5.74, 6) is -0.358. The molecule has 2 aromatic carbocycles. The van der Waals surface area contributed by atoms with Gasteiger partial charge < -0.3 is 15.2 Å². The average Bonchev–Trinajstić information content (AvgIpc) is 3.43. The van der Waals surface area contributed by atoms with Crippen LogP contribution in [0.15, 0.2) is 73.1 Å². The molecule has 1 fully saturated rings. The Bertz CT molecular complexity index is 943. The summed E-state index contributed by atoms with van der Waals surface area (Å²) in [7, 11) is 0. The van der Waals surface area contributed by atoms with Crippen LogP contribution in [0.1, 0.15) is 29.2 Å². The van der Waals surface area contributed by atoms with Crippen molar-refractivity contribution in [3.8, 4) is 0 Å². The van der Waals surface area contributed by atoms with Crippen LogP contribution in [0.3, 0.4) is 0 Å². The van der Waals surface area contributed by atoms with Gasteiger partial charge in [-0.2, -0.15) is 5.10 Å². The number of benzene rings is 2. The molecule has 2 heterocycles. The van der Waals surface area contributed by atoms with Crippen LogP contribution in [0.2, 0.25) is 0 Å². The van der Waals surface area contributed by atoms with Crippen molar-refractivity contribution in [1.29, 1.82) is 0 Å². The molecule has 2 N–H and O–H groups in total. The Balaban J connectivity index is 1.32. The first-order valence-electron chi connectivity index (χ1n) is 10.4. The number of aliphatic hydroxyl groups excluding tert-OH is 1. The number of nitrogens with one attached hydrogen (secondary N) is 1. The van der Waals surface area contributed by atoms with Crippen molar-refractivity contribution < 1.29 is 14.6 Å². The third-order valence-corrected chi connectivity index (χ3v) is 5.42.